The van der Waals surface area contributed by atoms with Gasteiger partial charge in [0.05, 0.1) is 5.56 Å². The molecule has 132 valence electrons. The second-order valence-electron chi connectivity index (χ2n) is 6.39. The number of benzene rings is 1. The first kappa shape index (κ1) is 16.9. The van der Waals surface area contributed by atoms with Crippen molar-refractivity contribution in [2.24, 2.45) is 10.9 Å². The van der Waals surface area contributed by atoms with E-state index < -0.39 is 11.7 Å². The standard InChI is InChI=1S/C17H23F3N4/c1-21-16(22-12-13-5-6-13)24-9-7-23(8-10-24)15-4-2-3-14(11-15)17(18,19)20/h2-4,11,13H,5-10,12H2,1H3,(H,21,22). The Labute approximate surface area is 140 Å². The molecule has 1 heterocycles. The molecule has 1 saturated heterocycles. The average molecular weight is 340 g/mol. The fraction of sp³-hybridized carbons (Fsp3) is 0.588. The Kier molecular flexibility index (Phi) is 4.87. The molecule has 3 rings (SSSR count). The van der Waals surface area contributed by atoms with Crippen LogP contribution in [-0.4, -0.2) is 50.6 Å². The minimum atomic E-state index is -4.30. The number of guanidine groups is 1. The van der Waals surface area contributed by atoms with Gasteiger partial charge in [0.25, 0.3) is 0 Å². The average Bonchev–Trinajstić information content (AvgIpc) is 3.40. The van der Waals surface area contributed by atoms with Crippen LogP contribution < -0.4 is 10.2 Å². The van der Waals surface area contributed by atoms with Gasteiger partial charge in [0, 0.05) is 45.5 Å². The zero-order valence-electron chi connectivity index (χ0n) is 13.8. The number of rotatable bonds is 3. The van der Waals surface area contributed by atoms with E-state index in [4.69, 9.17) is 0 Å². The van der Waals surface area contributed by atoms with Crippen LogP contribution in [0, 0.1) is 5.92 Å². The molecule has 0 aromatic heterocycles. The largest absolute Gasteiger partial charge is 0.416 e. The molecule has 0 atom stereocenters. The fourth-order valence-corrected chi connectivity index (χ4v) is 2.95. The van der Waals surface area contributed by atoms with Gasteiger partial charge in [-0.3, -0.25) is 4.99 Å². The quantitative estimate of drug-likeness (QED) is 0.678. The van der Waals surface area contributed by atoms with Gasteiger partial charge in [-0.1, -0.05) is 6.07 Å². The number of aliphatic imine (C=N–C) groups is 1. The lowest BCUT2D eigenvalue weighted by molar-refractivity contribution is -0.137. The first-order valence-electron chi connectivity index (χ1n) is 8.35. The van der Waals surface area contributed by atoms with Crippen molar-refractivity contribution in [2.45, 2.75) is 19.0 Å². The Balaban J connectivity index is 1.58. The summed E-state index contributed by atoms with van der Waals surface area (Å²) in [6, 6.07) is 5.56. The molecule has 4 nitrogen and oxygen atoms in total. The summed E-state index contributed by atoms with van der Waals surface area (Å²) in [6.07, 6.45) is -1.73. The number of piperazine rings is 1. The Bertz CT molecular complexity index is 588. The maximum atomic E-state index is 12.9. The van der Waals surface area contributed by atoms with Crippen molar-refractivity contribution in [3.05, 3.63) is 29.8 Å². The van der Waals surface area contributed by atoms with Gasteiger partial charge >= 0.3 is 6.18 Å². The molecule has 0 bridgehead atoms. The van der Waals surface area contributed by atoms with Crippen LogP contribution in [0.2, 0.25) is 0 Å². The van der Waals surface area contributed by atoms with Gasteiger partial charge < -0.3 is 15.1 Å². The monoisotopic (exact) mass is 340 g/mol. The number of hydrogen-bond donors (Lipinski definition) is 1. The SMILES string of the molecule is CN=C(NCC1CC1)N1CCN(c2cccc(C(F)(F)F)c2)CC1. The number of nitrogens with one attached hydrogen (secondary N) is 1. The molecule has 1 N–H and O–H groups in total. The molecule has 24 heavy (non-hydrogen) atoms. The summed E-state index contributed by atoms with van der Waals surface area (Å²) in [4.78, 5) is 8.49. The zero-order chi connectivity index (χ0) is 17.2. The van der Waals surface area contributed by atoms with Crippen LogP contribution in [0.1, 0.15) is 18.4 Å². The second kappa shape index (κ2) is 6.91. The predicted molar refractivity (Wildman–Crippen MR) is 89.3 cm³/mol. The molecule has 0 amide bonds. The van der Waals surface area contributed by atoms with Crippen molar-refractivity contribution >= 4 is 11.6 Å². The molecule has 1 aromatic rings. The smallest absolute Gasteiger partial charge is 0.368 e. The third kappa shape index (κ3) is 4.13. The molecule has 1 saturated carbocycles. The van der Waals surface area contributed by atoms with Gasteiger partial charge in [-0.25, -0.2) is 0 Å². The van der Waals surface area contributed by atoms with Crippen molar-refractivity contribution in [3.8, 4) is 0 Å². The Hall–Kier alpha value is -1.92. The zero-order valence-corrected chi connectivity index (χ0v) is 13.8. The van der Waals surface area contributed by atoms with Crippen molar-refractivity contribution in [3.63, 3.8) is 0 Å². The summed E-state index contributed by atoms with van der Waals surface area (Å²) in [7, 11) is 1.77. The normalized spacial score (nSPS) is 19.6. The lowest BCUT2D eigenvalue weighted by atomic mass is 10.1. The summed E-state index contributed by atoms with van der Waals surface area (Å²) in [5, 5.41) is 3.39. The number of nitrogens with zero attached hydrogens (tertiary/aromatic N) is 3. The van der Waals surface area contributed by atoms with Gasteiger partial charge in [-0.2, -0.15) is 13.2 Å². The fourth-order valence-electron chi connectivity index (χ4n) is 2.95. The predicted octanol–water partition coefficient (Wildman–Crippen LogP) is 2.81. The lowest BCUT2D eigenvalue weighted by Gasteiger charge is -2.37. The molecular weight excluding hydrogens is 317 g/mol. The van der Waals surface area contributed by atoms with Gasteiger partial charge in [0.1, 0.15) is 0 Å². The van der Waals surface area contributed by atoms with Crippen LogP contribution in [0.3, 0.4) is 0 Å². The van der Waals surface area contributed by atoms with E-state index in [2.05, 4.69) is 15.2 Å². The van der Waals surface area contributed by atoms with Gasteiger partial charge in [-0.15, -0.1) is 0 Å². The van der Waals surface area contributed by atoms with Crippen molar-refractivity contribution in [1.82, 2.24) is 10.2 Å². The van der Waals surface area contributed by atoms with Crippen molar-refractivity contribution in [1.29, 1.82) is 0 Å². The van der Waals surface area contributed by atoms with Crippen LogP contribution in [0.5, 0.6) is 0 Å². The summed E-state index contributed by atoms with van der Waals surface area (Å²) < 4.78 is 38.6. The van der Waals surface area contributed by atoms with Crippen LogP contribution in [0.15, 0.2) is 29.3 Å². The number of hydrogen-bond acceptors (Lipinski definition) is 2. The molecule has 2 fully saturated rings. The van der Waals surface area contributed by atoms with E-state index in [1.165, 1.54) is 25.0 Å². The first-order valence-corrected chi connectivity index (χ1v) is 8.35. The molecule has 0 unspecified atom stereocenters. The minimum Gasteiger partial charge on any atom is -0.368 e. The highest BCUT2D eigenvalue weighted by molar-refractivity contribution is 5.80. The summed E-state index contributed by atoms with van der Waals surface area (Å²) in [6.45, 7) is 3.83. The van der Waals surface area contributed by atoms with Gasteiger partial charge in [0.15, 0.2) is 5.96 Å². The number of alkyl halides is 3. The van der Waals surface area contributed by atoms with Gasteiger partial charge in [-0.05, 0) is 37.0 Å². The highest BCUT2D eigenvalue weighted by atomic mass is 19.4. The van der Waals surface area contributed by atoms with E-state index in [9.17, 15) is 13.2 Å². The molecule has 0 radical (unpaired) electrons. The molecule has 1 aromatic carbocycles. The Morgan fingerprint density at radius 2 is 1.92 bits per heavy atom. The van der Waals surface area contributed by atoms with Crippen molar-refractivity contribution in [2.75, 3.05) is 44.7 Å². The topological polar surface area (TPSA) is 30.9 Å². The van der Waals surface area contributed by atoms with Crippen LogP contribution in [-0.2, 0) is 6.18 Å². The third-order valence-corrected chi connectivity index (χ3v) is 4.58. The Morgan fingerprint density at radius 3 is 2.50 bits per heavy atom. The van der Waals surface area contributed by atoms with E-state index in [0.717, 1.165) is 37.6 Å². The Morgan fingerprint density at radius 1 is 1.21 bits per heavy atom. The summed E-state index contributed by atoms with van der Waals surface area (Å²) >= 11 is 0. The number of anilines is 1. The van der Waals surface area contributed by atoms with Crippen LogP contribution in [0.4, 0.5) is 18.9 Å². The van der Waals surface area contributed by atoms with Gasteiger partial charge in [0.2, 0.25) is 0 Å². The second-order valence-corrected chi connectivity index (χ2v) is 6.39. The third-order valence-electron chi connectivity index (χ3n) is 4.58. The van der Waals surface area contributed by atoms with Crippen LogP contribution >= 0.6 is 0 Å². The maximum Gasteiger partial charge on any atom is 0.416 e. The molecule has 1 aliphatic heterocycles. The summed E-state index contributed by atoms with van der Waals surface area (Å²) in [5.74, 6) is 1.67. The highest BCUT2D eigenvalue weighted by Crippen LogP contribution is 2.32. The molecule has 2 aliphatic rings. The lowest BCUT2D eigenvalue weighted by Crippen LogP contribution is -2.52. The highest BCUT2D eigenvalue weighted by Gasteiger charge is 2.31. The minimum absolute atomic E-state index is 0.593. The first-order chi connectivity index (χ1) is 11.5. The van der Waals surface area contributed by atoms with Crippen molar-refractivity contribution < 1.29 is 13.2 Å². The maximum absolute atomic E-state index is 12.9. The van der Waals surface area contributed by atoms with E-state index in [-0.39, 0.29) is 0 Å². The van der Waals surface area contributed by atoms with Crippen LogP contribution in [0.25, 0.3) is 0 Å². The molecular formula is C17H23F3N4. The molecule has 0 spiro atoms. The van der Waals surface area contributed by atoms with E-state index in [1.54, 1.807) is 13.1 Å². The van der Waals surface area contributed by atoms with E-state index >= 15 is 0 Å². The molecule has 1 aliphatic carbocycles. The molecule has 7 heteroatoms. The van der Waals surface area contributed by atoms with E-state index in [1.807, 2.05) is 4.90 Å². The summed E-state index contributed by atoms with van der Waals surface area (Å²) in [5.41, 5.74) is 0.0368. The van der Waals surface area contributed by atoms with E-state index in [0.29, 0.717) is 18.8 Å². The number of halogens is 3.